The molecule has 2 atom stereocenters. The number of carbonyl (C=O) groups excluding carboxylic acids is 2. The largest absolute Gasteiger partial charge is 0.492 e. The van der Waals surface area contributed by atoms with Gasteiger partial charge >= 0.3 is 0 Å². The molecule has 0 radical (unpaired) electrons. The standard InChI is InChI=1S/C33H42ClN3O5S/c1-5-25(3)35-33(39)30(23-26-13-8-7-9-14-26)36(24-27-18-20-28(34)21-19-27)32(38)17-12-22-37(43(4,40)41)29-15-10-11-16-31(29)42-6-2/h7-11,13-16,18-21,25,30H,5-6,12,17,22-24H2,1-4H3,(H,35,39)/t25-,30+/m1/s1. The lowest BCUT2D eigenvalue weighted by Crippen LogP contribution is -2.52. The number of nitrogens with one attached hydrogen (secondary N) is 1. The third-order valence-corrected chi connectivity index (χ3v) is 8.56. The Labute approximate surface area is 261 Å². The Morgan fingerprint density at radius 2 is 1.58 bits per heavy atom. The van der Waals surface area contributed by atoms with Crippen molar-refractivity contribution in [3.05, 3.63) is 95.0 Å². The minimum Gasteiger partial charge on any atom is -0.492 e. The summed E-state index contributed by atoms with van der Waals surface area (Å²) in [6, 6.07) is 22.9. The summed E-state index contributed by atoms with van der Waals surface area (Å²) in [7, 11) is -3.66. The molecule has 0 unspecified atom stereocenters. The molecule has 0 heterocycles. The molecule has 3 rings (SSSR count). The van der Waals surface area contributed by atoms with E-state index in [0.717, 1.165) is 23.8 Å². The molecule has 0 aliphatic rings. The summed E-state index contributed by atoms with van der Waals surface area (Å²) < 4.78 is 32.6. The molecule has 0 bridgehead atoms. The molecule has 0 aliphatic heterocycles. The lowest BCUT2D eigenvalue weighted by molar-refractivity contribution is -0.141. The molecule has 0 spiro atoms. The number of hydrogen-bond donors (Lipinski definition) is 1. The first-order valence-electron chi connectivity index (χ1n) is 14.6. The highest BCUT2D eigenvalue weighted by atomic mass is 35.5. The van der Waals surface area contributed by atoms with Crippen LogP contribution in [-0.2, 0) is 32.6 Å². The molecule has 1 N–H and O–H groups in total. The molecule has 232 valence electrons. The van der Waals surface area contributed by atoms with Gasteiger partial charge in [0, 0.05) is 37.0 Å². The van der Waals surface area contributed by atoms with Crippen LogP contribution in [0.25, 0.3) is 0 Å². The summed E-state index contributed by atoms with van der Waals surface area (Å²) in [6.45, 7) is 6.41. The van der Waals surface area contributed by atoms with Gasteiger partial charge in [-0.1, -0.05) is 73.1 Å². The maximum absolute atomic E-state index is 14.0. The molecular formula is C33H42ClN3O5S. The van der Waals surface area contributed by atoms with Gasteiger partial charge in [0.05, 0.1) is 18.6 Å². The predicted octanol–water partition coefficient (Wildman–Crippen LogP) is 5.84. The van der Waals surface area contributed by atoms with E-state index in [4.69, 9.17) is 16.3 Å². The Morgan fingerprint density at radius 1 is 0.930 bits per heavy atom. The van der Waals surface area contributed by atoms with Gasteiger partial charge in [0.2, 0.25) is 21.8 Å². The highest BCUT2D eigenvalue weighted by molar-refractivity contribution is 7.92. The van der Waals surface area contributed by atoms with Crippen LogP contribution in [-0.4, -0.2) is 56.6 Å². The number of hydrogen-bond acceptors (Lipinski definition) is 5. The fourth-order valence-electron chi connectivity index (χ4n) is 4.70. The number of benzene rings is 3. The fraction of sp³-hybridized carbons (Fsp3) is 0.394. The molecule has 10 heteroatoms. The van der Waals surface area contributed by atoms with Gasteiger partial charge in [-0.15, -0.1) is 0 Å². The maximum atomic E-state index is 14.0. The van der Waals surface area contributed by atoms with Gasteiger partial charge in [-0.05, 0) is 62.1 Å². The van der Waals surface area contributed by atoms with E-state index in [-0.39, 0.29) is 43.8 Å². The lowest BCUT2D eigenvalue weighted by Gasteiger charge is -2.33. The molecule has 43 heavy (non-hydrogen) atoms. The number of carbonyl (C=O) groups is 2. The Bertz CT molecular complexity index is 1430. The van der Waals surface area contributed by atoms with Crippen molar-refractivity contribution < 1.29 is 22.7 Å². The number of sulfonamides is 1. The van der Waals surface area contributed by atoms with E-state index in [1.807, 2.05) is 63.2 Å². The zero-order valence-corrected chi connectivity index (χ0v) is 26.9. The van der Waals surface area contributed by atoms with E-state index in [1.54, 1.807) is 41.3 Å². The van der Waals surface area contributed by atoms with Crippen molar-refractivity contribution in [3.8, 4) is 5.75 Å². The molecule has 3 aromatic carbocycles. The van der Waals surface area contributed by atoms with Crippen LogP contribution >= 0.6 is 11.6 Å². The van der Waals surface area contributed by atoms with Crippen molar-refractivity contribution >= 4 is 39.1 Å². The first-order chi connectivity index (χ1) is 20.5. The van der Waals surface area contributed by atoms with E-state index in [0.29, 0.717) is 29.5 Å². The van der Waals surface area contributed by atoms with Crippen molar-refractivity contribution in [1.29, 1.82) is 0 Å². The average molecular weight is 628 g/mol. The van der Waals surface area contributed by atoms with Gasteiger partial charge in [-0.3, -0.25) is 13.9 Å². The van der Waals surface area contributed by atoms with E-state index in [2.05, 4.69) is 5.32 Å². The van der Waals surface area contributed by atoms with Crippen LogP contribution < -0.4 is 14.4 Å². The smallest absolute Gasteiger partial charge is 0.243 e. The van der Waals surface area contributed by atoms with Crippen molar-refractivity contribution in [2.24, 2.45) is 0 Å². The van der Waals surface area contributed by atoms with Gasteiger partial charge in [0.1, 0.15) is 11.8 Å². The summed E-state index contributed by atoms with van der Waals surface area (Å²) in [5.41, 5.74) is 2.18. The molecule has 2 amide bonds. The number of ether oxygens (including phenoxy) is 1. The van der Waals surface area contributed by atoms with E-state index >= 15 is 0 Å². The number of para-hydroxylation sites is 2. The number of amides is 2. The molecule has 3 aromatic rings. The summed E-state index contributed by atoms with van der Waals surface area (Å²) in [6.07, 6.45) is 2.51. The van der Waals surface area contributed by atoms with Crippen LogP contribution in [0, 0.1) is 0 Å². The molecule has 0 aliphatic carbocycles. The summed E-state index contributed by atoms with van der Waals surface area (Å²) in [5.74, 6) is -0.0265. The third kappa shape index (κ3) is 10.3. The maximum Gasteiger partial charge on any atom is 0.243 e. The Kier molecular flexibility index (Phi) is 12.9. The van der Waals surface area contributed by atoms with Crippen molar-refractivity contribution in [2.45, 2.75) is 65.1 Å². The molecule has 0 fully saturated rings. The zero-order chi connectivity index (χ0) is 31.4. The average Bonchev–Trinajstić information content (AvgIpc) is 2.98. The molecule has 8 nitrogen and oxygen atoms in total. The van der Waals surface area contributed by atoms with Gasteiger partial charge in [0.15, 0.2) is 0 Å². The second-order valence-corrected chi connectivity index (χ2v) is 12.9. The normalized spacial score (nSPS) is 12.7. The highest BCUT2D eigenvalue weighted by Crippen LogP contribution is 2.30. The minimum absolute atomic E-state index is 0.0400. The minimum atomic E-state index is -3.66. The summed E-state index contributed by atoms with van der Waals surface area (Å²) in [4.78, 5) is 29.3. The Balaban J connectivity index is 1.90. The van der Waals surface area contributed by atoms with Crippen molar-refractivity contribution in [3.63, 3.8) is 0 Å². The van der Waals surface area contributed by atoms with Crippen molar-refractivity contribution in [1.82, 2.24) is 10.2 Å². The van der Waals surface area contributed by atoms with E-state index in [1.165, 1.54) is 4.31 Å². The van der Waals surface area contributed by atoms with Crippen LogP contribution in [0.1, 0.15) is 51.2 Å². The number of nitrogens with zero attached hydrogens (tertiary/aromatic N) is 2. The Morgan fingerprint density at radius 3 is 2.21 bits per heavy atom. The number of anilines is 1. The lowest BCUT2D eigenvalue weighted by atomic mass is 10.0. The van der Waals surface area contributed by atoms with E-state index in [9.17, 15) is 18.0 Å². The van der Waals surface area contributed by atoms with Crippen LogP contribution in [0.15, 0.2) is 78.9 Å². The van der Waals surface area contributed by atoms with Crippen molar-refractivity contribution in [2.75, 3.05) is 23.7 Å². The SMILES string of the molecule is CCOc1ccccc1N(CCCC(=O)N(Cc1ccc(Cl)cc1)[C@@H](Cc1ccccc1)C(=O)N[C@H](C)CC)S(C)(=O)=O. The zero-order valence-electron chi connectivity index (χ0n) is 25.3. The second-order valence-electron chi connectivity index (χ2n) is 10.5. The first kappa shape index (κ1) is 33.9. The molecular weight excluding hydrogens is 586 g/mol. The second kappa shape index (κ2) is 16.3. The van der Waals surface area contributed by atoms with Crippen LogP contribution in [0.5, 0.6) is 5.75 Å². The Hall–Kier alpha value is -3.56. The molecule has 0 saturated heterocycles. The quantitative estimate of drug-likeness (QED) is 0.215. The molecule has 0 aromatic heterocycles. The summed E-state index contributed by atoms with van der Waals surface area (Å²) in [5, 5.41) is 3.63. The first-order valence-corrected chi connectivity index (χ1v) is 16.8. The number of rotatable bonds is 16. The number of halogens is 1. The van der Waals surface area contributed by atoms with Crippen LogP contribution in [0.3, 0.4) is 0 Å². The highest BCUT2D eigenvalue weighted by Gasteiger charge is 2.31. The molecule has 0 saturated carbocycles. The predicted molar refractivity (Wildman–Crippen MR) is 173 cm³/mol. The van der Waals surface area contributed by atoms with Gasteiger partial charge in [0.25, 0.3) is 0 Å². The van der Waals surface area contributed by atoms with Gasteiger partial charge in [-0.25, -0.2) is 8.42 Å². The van der Waals surface area contributed by atoms with E-state index < -0.39 is 16.1 Å². The van der Waals surface area contributed by atoms with Crippen LogP contribution in [0.2, 0.25) is 5.02 Å². The van der Waals surface area contributed by atoms with Crippen LogP contribution in [0.4, 0.5) is 5.69 Å². The third-order valence-electron chi connectivity index (χ3n) is 7.12. The van der Waals surface area contributed by atoms with Gasteiger partial charge in [-0.2, -0.15) is 0 Å². The van der Waals surface area contributed by atoms with Gasteiger partial charge < -0.3 is 15.0 Å². The fourth-order valence-corrected chi connectivity index (χ4v) is 5.80. The topological polar surface area (TPSA) is 96.0 Å². The summed E-state index contributed by atoms with van der Waals surface area (Å²) >= 11 is 6.11. The monoisotopic (exact) mass is 627 g/mol.